The summed E-state index contributed by atoms with van der Waals surface area (Å²) in [6.45, 7) is 0.172. The summed E-state index contributed by atoms with van der Waals surface area (Å²) in [6.07, 6.45) is 0.0426. The first-order valence-electron chi connectivity index (χ1n) is 8.04. The van der Waals surface area contributed by atoms with Gasteiger partial charge in [0.1, 0.15) is 12.4 Å². The smallest absolute Gasteiger partial charge is 0.306 e. The van der Waals surface area contributed by atoms with Crippen molar-refractivity contribution in [3.8, 4) is 0 Å². The number of carbonyl (C=O) groups excluding carboxylic acids is 2. The highest BCUT2D eigenvalue weighted by Gasteiger charge is 2.11. The van der Waals surface area contributed by atoms with E-state index in [9.17, 15) is 14.0 Å². The first-order valence-corrected chi connectivity index (χ1v) is 8.04. The predicted molar refractivity (Wildman–Crippen MR) is 93.7 cm³/mol. The Hall–Kier alpha value is -3.01. The number of esters is 1. The van der Waals surface area contributed by atoms with Crippen LogP contribution in [0.1, 0.15) is 28.8 Å². The third-order valence-electron chi connectivity index (χ3n) is 3.99. The minimum Gasteiger partial charge on any atom is -0.461 e. The van der Waals surface area contributed by atoms with Crippen LogP contribution in [0.15, 0.2) is 66.7 Å². The maximum absolute atomic E-state index is 12.9. The average molecular weight is 336 g/mol. The van der Waals surface area contributed by atoms with E-state index in [1.165, 1.54) is 24.3 Å². The molecule has 0 saturated heterocycles. The fraction of sp³-hybridized carbons (Fsp3) is 0.143. The molecule has 0 spiro atoms. The van der Waals surface area contributed by atoms with Crippen molar-refractivity contribution in [2.75, 3.05) is 0 Å². The number of hydrogen-bond acceptors (Lipinski definition) is 3. The quantitative estimate of drug-likeness (QED) is 0.485. The topological polar surface area (TPSA) is 43.4 Å². The van der Waals surface area contributed by atoms with Crippen molar-refractivity contribution in [1.82, 2.24) is 0 Å². The van der Waals surface area contributed by atoms with E-state index < -0.39 is 11.8 Å². The fourth-order valence-corrected chi connectivity index (χ4v) is 2.64. The lowest BCUT2D eigenvalue weighted by atomic mass is 10.1. The Bertz CT molecular complexity index is 895. The van der Waals surface area contributed by atoms with Crippen molar-refractivity contribution in [3.63, 3.8) is 0 Å². The van der Waals surface area contributed by atoms with Gasteiger partial charge in [-0.3, -0.25) is 9.59 Å². The summed E-state index contributed by atoms with van der Waals surface area (Å²) >= 11 is 0. The summed E-state index contributed by atoms with van der Waals surface area (Å²) in [7, 11) is 0. The standard InChI is InChI=1S/C21H17FO3/c22-18-10-8-16(9-11-18)20(23)12-13-21(24)25-14-17-6-3-5-15-4-1-2-7-19(15)17/h1-11H,12-14H2. The molecule has 0 heterocycles. The average Bonchev–Trinajstić information content (AvgIpc) is 2.65. The van der Waals surface area contributed by atoms with Crippen LogP contribution in [0.3, 0.4) is 0 Å². The molecule has 3 nitrogen and oxygen atoms in total. The molecule has 0 aliphatic rings. The molecule has 0 N–H and O–H groups in total. The highest BCUT2D eigenvalue weighted by Crippen LogP contribution is 2.19. The molecule has 0 amide bonds. The van der Waals surface area contributed by atoms with Crippen LogP contribution >= 0.6 is 0 Å². The summed E-state index contributed by atoms with van der Waals surface area (Å²) in [5.41, 5.74) is 1.32. The van der Waals surface area contributed by atoms with Crippen LogP contribution in [-0.2, 0) is 16.1 Å². The van der Waals surface area contributed by atoms with Crippen molar-refractivity contribution in [2.24, 2.45) is 0 Å². The molecule has 0 radical (unpaired) electrons. The van der Waals surface area contributed by atoms with Crippen molar-refractivity contribution in [2.45, 2.75) is 19.4 Å². The Labute approximate surface area is 145 Å². The summed E-state index contributed by atoms with van der Waals surface area (Å²) in [5, 5.41) is 2.13. The molecule has 4 heteroatoms. The summed E-state index contributed by atoms with van der Waals surface area (Å²) in [6, 6.07) is 19.0. The minimum atomic E-state index is -0.427. The molecule has 25 heavy (non-hydrogen) atoms. The van der Waals surface area contributed by atoms with Crippen molar-refractivity contribution in [3.05, 3.63) is 83.7 Å². The monoisotopic (exact) mass is 336 g/mol. The van der Waals surface area contributed by atoms with Crippen LogP contribution in [0.25, 0.3) is 10.8 Å². The van der Waals surface area contributed by atoms with Crippen LogP contribution in [0.4, 0.5) is 4.39 Å². The second kappa shape index (κ2) is 7.71. The largest absolute Gasteiger partial charge is 0.461 e. The molecule has 126 valence electrons. The molecule has 0 aliphatic heterocycles. The van der Waals surface area contributed by atoms with E-state index in [1.807, 2.05) is 42.5 Å². The summed E-state index contributed by atoms with van der Waals surface area (Å²) < 4.78 is 18.1. The lowest BCUT2D eigenvalue weighted by Gasteiger charge is -2.08. The third kappa shape index (κ3) is 4.29. The first-order chi connectivity index (χ1) is 12.1. The molecule has 3 aromatic rings. The van der Waals surface area contributed by atoms with Crippen LogP contribution in [0.2, 0.25) is 0 Å². The van der Waals surface area contributed by atoms with Crippen molar-refractivity contribution < 1.29 is 18.7 Å². The van der Waals surface area contributed by atoms with E-state index in [0.717, 1.165) is 16.3 Å². The van der Waals surface area contributed by atoms with E-state index in [2.05, 4.69) is 0 Å². The van der Waals surface area contributed by atoms with Crippen LogP contribution in [0, 0.1) is 5.82 Å². The number of halogens is 1. The van der Waals surface area contributed by atoms with E-state index >= 15 is 0 Å². The molecule has 0 saturated carbocycles. The van der Waals surface area contributed by atoms with Gasteiger partial charge in [-0.2, -0.15) is 0 Å². The second-order valence-electron chi connectivity index (χ2n) is 5.73. The van der Waals surface area contributed by atoms with Gasteiger partial charge < -0.3 is 4.74 Å². The van der Waals surface area contributed by atoms with Crippen molar-refractivity contribution in [1.29, 1.82) is 0 Å². The number of ether oxygens (including phenoxy) is 1. The first kappa shape index (κ1) is 16.8. The van der Waals surface area contributed by atoms with Gasteiger partial charge in [0.05, 0.1) is 6.42 Å². The van der Waals surface area contributed by atoms with Crippen LogP contribution in [0.5, 0.6) is 0 Å². The number of fused-ring (bicyclic) bond motifs is 1. The maximum Gasteiger partial charge on any atom is 0.306 e. The predicted octanol–water partition coefficient (Wildman–Crippen LogP) is 4.69. The zero-order valence-electron chi connectivity index (χ0n) is 13.6. The molecule has 0 unspecified atom stereocenters. The molecule has 0 aromatic heterocycles. The lowest BCUT2D eigenvalue weighted by molar-refractivity contribution is -0.144. The van der Waals surface area contributed by atoms with E-state index in [-0.39, 0.29) is 25.2 Å². The van der Waals surface area contributed by atoms with Gasteiger partial charge in [-0.15, -0.1) is 0 Å². The van der Waals surface area contributed by atoms with E-state index in [4.69, 9.17) is 4.74 Å². The summed E-state index contributed by atoms with van der Waals surface area (Å²) in [4.78, 5) is 23.9. The van der Waals surface area contributed by atoms with Gasteiger partial charge in [-0.05, 0) is 40.6 Å². The normalized spacial score (nSPS) is 10.6. The molecular weight excluding hydrogens is 319 g/mol. The Balaban J connectivity index is 1.54. The van der Waals surface area contributed by atoms with Gasteiger partial charge in [0.15, 0.2) is 5.78 Å². The zero-order valence-corrected chi connectivity index (χ0v) is 13.6. The van der Waals surface area contributed by atoms with Crippen molar-refractivity contribution >= 4 is 22.5 Å². The molecule has 0 fully saturated rings. The second-order valence-corrected chi connectivity index (χ2v) is 5.73. The Morgan fingerprint density at radius 1 is 0.840 bits per heavy atom. The third-order valence-corrected chi connectivity index (χ3v) is 3.99. The highest BCUT2D eigenvalue weighted by molar-refractivity contribution is 5.97. The Kier molecular flexibility index (Phi) is 5.19. The molecule has 3 aromatic carbocycles. The van der Waals surface area contributed by atoms with Gasteiger partial charge >= 0.3 is 5.97 Å². The van der Waals surface area contributed by atoms with Gasteiger partial charge in [0.25, 0.3) is 0 Å². The molecule has 3 rings (SSSR count). The Morgan fingerprint density at radius 2 is 1.56 bits per heavy atom. The van der Waals surface area contributed by atoms with Crippen LogP contribution < -0.4 is 0 Å². The minimum absolute atomic E-state index is 0.000968. The lowest BCUT2D eigenvalue weighted by Crippen LogP contribution is -2.08. The molecule has 0 aliphatic carbocycles. The van der Waals surface area contributed by atoms with Crippen LogP contribution in [-0.4, -0.2) is 11.8 Å². The highest BCUT2D eigenvalue weighted by atomic mass is 19.1. The number of ketones is 1. The van der Waals surface area contributed by atoms with Gasteiger partial charge in [-0.1, -0.05) is 42.5 Å². The maximum atomic E-state index is 12.9. The fourth-order valence-electron chi connectivity index (χ4n) is 2.64. The number of Topliss-reactive ketones (excluding diaryl/α,β-unsaturated/α-hetero) is 1. The van der Waals surface area contributed by atoms with E-state index in [1.54, 1.807) is 0 Å². The van der Waals surface area contributed by atoms with Gasteiger partial charge in [0, 0.05) is 12.0 Å². The number of benzene rings is 3. The number of hydrogen-bond donors (Lipinski definition) is 0. The zero-order chi connectivity index (χ0) is 17.6. The number of carbonyl (C=O) groups is 2. The van der Waals surface area contributed by atoms with Gasteiger partial charge in [-0.25, -0.2) is 4.39 Å². The molecule has 0 bridgehead atoms. The molecule has 0 atom stereocenters. The SMILES string of the molecule is O=C(CCC(=O)c1ccc(F)cc1)OCc1cccc2ccccc12. The Morgan fingerprint density at radius 3 is 2.36 bits per heavy atom. The molecular formula is C21H17FO3. The summed E-state index contributed by atoms with van der Waals surface area (Å²) in [5.74, 6) is -1.03. The number of rotatable bonds is 6. The van der Waals surface area contributed by atoms with Gasteiger partial charge in [0.2, 0.25) is 0 Å². The van der Waals surface area contributed by atoms with E-state index in [0.29, 0.717) is 5.56 Å².